The van der Waals surface area contributed by atoms with Crippen molar-refractivity contribution in [2.24, 2.45) is 0 Å². The molecule has 3 rings (SSSR count). The summed E-state index contributed by atoms with van der Waals surface area (Å²) in [4.78, 5) is 1.59. The lowest BCUT2D eigenvalue weighted by molar-refractivity contribution is 0.658. The summed E-state index contributed by atoms with van der Waals surface area (Å²) in [6.45, 7) is 0.765. The van der Waals surface area contributed by atoms with E-state index in [2.05, 4.69) is 21.6 Å². The molecule has 5 heteroatoms. The molecular weight excluding hydrogens is 226 g/mol. The number of nitriles is 1. The Morgan fingerprint density at radius 3 is 2.78 bits per heavy atom. The SMILES string of the molecule is N#Cc1ccc(-n2ncc(CNC3CC3)n2)cc1. The number of hydrogen-bond acceptors (Lipinski definition) is 4. The van der Waals surface area contributed by atoms with Crippen molar-refractivity contribution < 1.29 is 0 Å². The number of nitrogens with zero attached hydrogens (tertiary/aromatic N) is 4. The number of aromatic nitrogens is 3. The molecule has 0 spiro atoms. The number of benzene rings is 1. The summed E-state index contributed by atoms with van der Waals surface area (Å²) in [5, 5.41) is 20.8. The highest BCUT2D eigenvalue weighted by Crippen LogP contribution is 2.19. The first-order chi connectivity index (χ1) is 8.85. The van der Waals surface area contributed by atoms with Crippen molar-refractivity contribution in [3.63, 3.8) is 0 Å². The zero-order chi connectivity index (χ0) is 12.4. The van der Waals surface area contributed by atoms with Gasteiger partial charge in [0.05, 0.1) is 29.2 Å². The molecule has 2 aromatic rings. The molecule has 18 heavy (non-hydrogen) atoms. The van der Waals surface area contributed by atoms with Gasteiger partial charge in [0.25, 0.3) is 0 Å². The van der Waals surface area contributed by atoms with Gasteiger partial charge in [-0.05, 0) is 37.1 Å². The maximum Gasteiger partial charge on any atom is 0.0991 e. The van der Waals surface area contributed by atoms with Crippen molar-refractivity contribution in [2.45, 2.75) is 25.4 Å². The Morgan fingerprint density at radius 2 is 2.11 bits per heavy atom. The molecule has 1 aromatic heterocycles. The summed E-state index contributed by atoms with van der Waals surface area (Å²) in [5.74, 6) is 0. The quantitative estimate of drug-likeness (QED) is 0.875. The topological polar surface area (TPSA) is 66.5 Å². The predicted molar refractivity (Wildman–Crippen MR) is 65.9 cm³/mol. The summed E-state index contributed by atoms with van der Waals surface area (Å²) >= 11 is 0. The zero-order valence-corrected chi connectivity index (χ0v) is 9.87. The van der Waals surface area contributed by atoms with Crippen molar-refractivity contribution in [3.8, 4) is 11.8 Å². The molecule has 0 aliphatic heterocycles. The molecule has 5 nitrogen and oxygen atoms in total. The van der Waals surface area contributed by atoms with Crippen LogP contribution in [0.1, 0.15) is 24.1 Å². The van der Waals surface area contributed by atoms with Crippen molar-refractivity contribution >= 4 is 0 Å². The van der Waals surface area contributed by atoms with E-state index in [0.717, 1.165) is 17.9 Å². The largest absolute Gasteiger partial charge is 0.308 e. The average molecular weight is 239 g/mol. The number of nitrogens with one attached hydrogen (secondary N) is 1. The van der Waals surface area contributed by atoms with Gasteiger partial charge in [0.1, 0.15) is 0 Å². The third-order valence-corrected chi connectivity index (χ3v) is 2.92. The van der Waals surface area contributed by atoms with E-state index in [4.69, 9.17) is 5.26 Å². The van der Waals surface area contributed by atoms with Gasteiger partial charge >= 0.3 is 0 Å². The molecule has 0 radical (unpaired) electrons. The second kappa shape index (κ2) is 4.59. The highest BCUT2D eigenvalue weighted by atomic mass is 15.5. The minimum absolute atomic E-state index is 0.640. The van der Waals surface area contributed by atoms with E-state index in [9.17, 15) is 0 Å². The molecule has 1 saturated carbocycles. The van der Waals surface area contributed by atoms with E-state index in [1.54, 1.807) is 23.1 Å². The van der Waals surface area contributed by atoms with Gasteiger partial charge in [0.15, 0.2) is 0 Å². The van der Waals surface area contributed by atoms with Crippen LogP contribution in [0.25, 0.3) is 5.69 Å². The fourth-order valence-electron chi connectivity index (χ4n) is 1.71. The zero-order valence-electron chi connectivity index (χ0n) is 9.87. The molecule has 1 aliphatic rings. The van der Waals surface area contributed by atoms with Crippen LogP contribution >= 0.6 is 0 Å². The summed E-state index contributed by atoms with van der Waals surface area (Å²) < 4.78 is 0. The third-order valence-electron chi connectivity index (χ3n) is 2.92. The fraction of sp³-hybridized carbons (Fsp3) is 0.308. The Morgan fingerprint density at radius 1 is 1.33 bits per heavy atom. The van der Waals surface area contributed by atoms with E-state index in [0.29, 0.717) is 11.6 Å². The molecule has 90 valence electrons. The van der Waals surface area contributed by atoms with E-state index < -0.39 is 0 Å². The van der Waals surface area contributed by atoms with Gasteiger partial charge in [-0.3, -0.25) is 0 Å². The minimum Gasteiger partial charge on any atom is -0.308 e. The van der Waals surface area contributed by atoms with Gasteiger partial charge in [-0.2, -0.15) is 20.3 Å². The van der Waals surface area contributed by atoms with E-state index in [1.807, 2.05) is 12.1 Å². The van der Waals surface area contributed by atoms with Gasteiger partial charge in [-0.1, -0.05) is 0 Å². The molecule has 1 aliphatic carbocycles. The average Bonchev–Trinajstić information content (AvgIpc) is 3.14. The van der Waals surface area contributed by atoms with Crippen molar-refractivity contribution in [1.82, 2.24) is 20.3 Å². The van der Waals surface area contributed by atoms with Crippen LogP contribution in [0.4, 0.5) is 0 Å². The summed E-state index contributed by atoms with van der Waals surface area (Å²) in [6, 6.07) is 9.98. The minimum atomic E-state index is 0.640. The monoisotopic (exact) mass is 239 g/mol. The first-order valence-electron chi connectivity index (χ1n) is 6.00. The smallest absolute Gasteiger partial charge is 0.0991 e. The molecule has 1 aromatic carbocycles. The highest BCUT2D eigenvalue weighted by Gasteiger charge is 2.20. The normalized spacial score (nSPS) is 14.4. The van der Waals surface area contributed by atoms with E-state index >= 15 is 0 Å². The van der Waals surface area contributed by atoms with Crippen LogP contribution in [0, 0.1) is 11.3 Å². The van der Waals surface area contributed by atoms with Crippen LogP contribution in [-0.2, 0) is 6.54 Å². The van der Waals surface area contributed by atoms with Crippen LogP contribution in [-0.4, -0.2) is 21.0 Å². The predicted octanol–water partition coefficient (Wildman–Crippen LogP) is 1.39. The molecule has 0 saturated heterocycles. The summed E-state index contributed by atoms with van der Waals surface area (Å²) in [5.41, 5.74) is 2.44. The van der Waals surface area contributed by atoms with Crippen LogP contribution in [0.15, 0.2) is 30.5 Å². The van der Waals surface area contributed by atoms with Crippen molar-refractivity contribution in [1.29, 1.82) is 5.26 Å². The molecule has 1 heterocycles. The summed E-state index contributed by atoms with van der Waals surface area (Å²) in [7, 11) is 0. The fourth-order valence-corrected chi connectivity index (χ4v) is 1.71. The Kier molecular flexibility index (Phi) is 2.79. The lowest BCUT2D eigenvalue weighted by atomic mass is 10.2. The molecular formula is C13H13N5. The summed E-state index contributed by atoms with van der Waals surface area (Å²) in [6.07, 6.45) is 4.31. The van der Waals surface area contributed by atoms with Gasteiger partial charge in [0.2, 0.25) is 0 Å². The first kappa shape index (κ1) is 10.9. The Balaban J connectivity index is 1.72. The Hall–Kier alpha value is -2.19. The Bertz CT molecular complexity index is 574. The molecule has 1 fully saturated rings. The van der Waals surface area contributed by atoms with Gasteiger partial charge < -0.3 is 5.32 Å². The molecule has 1 N–H and O–H groups in total. The van der Waals surface area contributed by atoms with Crippen molar-refractivity contribution in [2.75, 3.05) is 0 Å². The number of hydrogen-bond donors (Lipinski definition) is 1. The van der Waals surface area contributed by atoms with E-state index in [1.165, 1.54) is 12.8 Å². The van der Waals surface area contributed by atoms with Gasteiger partial charge in [-0.15, -0.1) is 0 Å². The number of rotatable bonds is 4. The van der Waals surface area contributed by atoms with Crippen LogP contribution < -0.4 is 5.32 Å². The lowest BCUT2D eigenvalue weighted by Crippen LogP contribution is -2.15. The second-order valence-electron chi connectivity index (χ2n) is 4.44. The van der Waals surface area contributed by atoms with Gasteiger partial charge in [0, 0.05) is 12.6 Å². The first-order valence-corrected chi connectivity index (χ1v) is 6.00. The van der Waals surface area contributed by atoms with E-state index in [-0.39, 0.29) is 0 Å². The van der Waals surface area contributed by atoms with Crippen LogP contribution in [0.3, 0.4) is 0 Å². The molecule has 0 amide bonds. The maximum atomic E-state index is 8.73. The second-order valence-corrected chi connectivity index (χ2v) is 4.44. The van der Waals surface area contributed by atoms with Crippen LogP contribution in [0.5, 0.6) is 0 Å². The van der Waals surface area contributed by atoms with Gasteiger partial charge in [-0.25, -0.2) is 0 Å². The lowest BCUT2D eigenvalue weighted by Gasteiger charge is -1.99. The third kappa shape index (κ3) is 2.39. The molecule has 0 bridgehead atoms. The highest BCUT2D eigenvalue weighted by molar-refractivity contribution is 5.37. The molecule has 0 atom stereocenters. The maximum absolute atomic E-state index is 8.73. The van der Waals surface area contributed by atoms with Crippen molar-refractivity contribution in [3.05, 3.63) is 41.7 Å². The Labute approximate surface area is 105 Å². The molecule has 0 unspecified atom stereocenters. The standard InChI is InChI=1S/C13H13N5/c14-7-10-1-5-13(6-2-10)18-16-9-12(17-18)8-15-11-3-4-11/h1-2,5-6,9,11,15H,3-4,8H2. The van der Waals surface area contributed by atoms with Crippen LogP contribution in [0.2, 0.25) is 0 Å².